The molecule has 0 aromatic carbocycles. The van der Waals surface area contributed by atoms with Crippen LogP contribution < -0.4 is 5.73 Å². The van der Waals surface area contributed by atoms with E-state index in [2.05, 4.69) is 0 Å². The summed E-state index contributed by atoms with van der Waals surface area (Å²) in [4.78, 5) is 24.9. The Morgan fingerprint density at radius 3 is 2.63 bits per heavy atom. The van der Waals surface area contributed by atoms with Gasteiger partial charge in [0.05, 0.1) is 5.92 Å². The van der Waals surface area contributed by atoms with E-state index >= 15 is 0 Å². The lowest BCUT2D eigenvalue weighted by Crippen LogP contribution is -2.46. The largest absolute Gasteiger partial charge is 0.481 e. The predicted molar refractivity (Wildman–Crippen MR) is 73.6 cm³/mol. The lowest BCUT2D eigenvalue weighted by Gasteiger charge is -2.35. The van der Waals surface area contributed by atoms with E-state index in [1.54, 1.807) is 0 Å². The van der Waals surface area contributed by atoms with Crippen LogP contribution in [-0.2, 0) is 9.59 Å². The molecule has 1 amide bonds. The van der Waals surface area contributed by atoms with Crippen LogP contribution in [0.5, 0.6) is 0 Å². The Kier molecular flexibility index (Phi) is 6.28. The average Bonchev–Trinajstić information content (AvgIpc) is 2.37. The van der Waals surface area contributed by atoms with Gasteiger partial charge in [-0.1, -0.05) is 13.8 Å². The number of hydrogen-bond acceptors (Lipinski definition) is 3. The number of nitrogens with two attached hydrogens (primary N) is 1. The van der Waals surface area contributed by atoms with Crippen molar-refractivity contribution in [2.75, 3.05) is 19.6 Å². The molecule has 1 heterocycles. The highest BCUT2D eigenvalue weighted by Crippen LogP contribution is 2.23. The molecule has 3 N–H and O–H groups in total. The highest BCUT2D eigenvalue weighted by molar-refractivity contribution is 5.79. The maximum absolute atomic E-state index is 12.4. The molecule has 1 fully saturated rings. The van der Waals surface area contributed by atoms with E-state index in [1.165, 1.54) is 0 Å². The van der Waals surface area contributed by atoms with Crippen molar-refractivity contribution >= 4 is 11.9 Å². The van der Waals surface area contributed by atoms with Crippen molar-refractivity contribution in [3.63, 3.8) is 0 Å². The van der Waals surface area contributed by atoms with Crippen molar-refractivity contribution in [3.05, 3.63) is 0 Å². The minimum absolute atomic E-state index is 0.113. The molecule has 0 aromatic heterocycles. The molecule has 2 atom stereocenters. The molecule has 0 saturated carbocycles. The molecule has 1 aliphatic rings. The fourth-order valence-electron chi connectivity index (χ4n) is 2.72. The summed E-state index contributed by atoms with van der Waals surface area (Å²) in [5.74, 6) is -0.169. The molecule has 19 heavy (non-hydrogen) atoms. The Labute approximate surface area is 115 Å². The van der Waals surface area contributed by atoms with E-state index in [1.807, 2.05) is 18.7 Å². The smallest absolute Gasteiger partial charge is 0.303 e. The average molecular weight is 270 g/mol. The summed E-state index contributed by atoms with van der Waals surface area (Å²) in [6, 6.07) is 0. The molecule has 5 heteroatoms. The van der Waals surface area contributed by atoms with Crippen molar-refractivity contribution in [1.29, 1.82) is 0 Å². The summed E-state index contributed by atoms with van der Waals surface area (Å²) in [6.07, 6.45) is 2.84. The quantitative estimate of drug-likeness (QED) is 0.762. The molecule has 1 saturated heterocycles. The van der Waals surface area contributed by atoms with Gasteiger partial charge in [-0.05, 0) is 31.1 Å². The van der Waals surface area contributed by atoms with Crippen LogP contribution in [-0.4, -0.2) is 41.5 Å². The summed E-state index contributed by atoms with van der Waals surface area (Å²) in [6.45, 7) is 5.89. The number of nitrogens with zero attached hydrogens (tertiary/aromatic N) is 1. The van der Waals surface area contributed by atoms with Gasteiger partial charge < -0.3 is 15.7 Å². The molecule has 110 valence electrons. The first kappa shape index (κ1) is 16.0. The van der Waals surface area contributed by atoms with Gasteiger partial charge in [0.1, 0.15) is 0 Å². The molecule has 0 aromatic rings. The summed E-state index contributed by atoms with van der Waals surface area (Å²) in [5.41, 5.74) is 5.69. The van der Waals surface area contributed by atoms with Crippen molar-refractivity contribution < 1.29 is 14.7 Å². The Morgan fingerprint density at radius 2 is 2.11 bits per heavy atom. The first-order valence-electron chi connectivity index (χ1n) is 7.16. The highest BCUT2D eigenvalue weighted by Gasteiger charge is 2.29. The fourth-order valence-corrected chi connectivity index (χ4v) is 2.72. The zero-order chi connectivity index (χ0) is 14.4. The van der Waals surface area contributed by atoms with E-state index < -0.39 is 5.97 Å². The van der Waals surface area contributed by atoms with Gasteiger partial charge in [0, 0.05) is 26.1 Å². The minimum Gasteiger partial charge on any atom is -0.481 e. The van der Waals surface area contributed by atoms with Crippen LogP contribution in [0.1, 0.15) is 39.5 Å². The maximum Gasteiger partial charge on any atom is 0.303 e. The molecule has 1 aliphatic heterocycles. The highest BCUT2D eigenvalue weighted by atomic mass is 16.4. The van der Waals surface area contributed by atoms with E-state index in [4.69, 9.17) is 10.8 Å². The minimum atomic E-state index is -0.759. The van der Waals surface area contributed by atoms with E-state index in [-0.39, 0.29) is 24.2 Å². The molecule has 0 aliphatic carbocycles. The molecule has 0 bridgehead atoms. The van der Waals surface area contributed by atoms with Crippen LogP contribution in [0.25, 0.3) is 0 Å². The third-order valence-corrected chi connectivity index (χ3v) is 3.97. The molecular formula is C14H26N2O3. The number of aliphatic carboxylic acids is 1. The second-order valence-corrected chi connectivity index (χ2v) is 5.81. The van der Waals surface area contributed by atoms with E-state index in [0.29, 0.717) is 25.4 Å². The second-order valence-electron chi connectivity index (χ2n) is 5.81. The molecule has 0 spiro atoms. The van der Waals surface area contributed by atoms with Crippen LogP contribution in [0.2, 0.25) is 0 Å². The van der Waals surface area contributed by atoms with Crippen LogP contribution in [0.3, 0.4) is 0 Å². The van der Waals surface area contributed by atoms with Crippen LogP contribution in [0.4, 0.5) is 0 Å². The van der Waals surface area contributed by atoms with Gasteiger partial charge in [0.25, 0.3) is 0 Å². The Balaban J connectivity index is 2.53. The first-order valence-corrected chi connectivity index (χ1v) is 7.16. The third kappa shape index (κ3) is 4.82. The zero-order valence-electron chi connectivity index (χ0n) is 12.0. The monoisotopic (exact) mass is 270 g/mol. The fraction of sp³-hybridized carbons (Fsp3) is 0.857. The number of carbonyl (C=O) groups excluding carboxylic acids is 1. The van der Waals surface area contributed by atoms with Crippen molar-refractivity contribution in [1.82, 2.24) is 4.90 Å². The third-order valence-electron chi connectivity index (χ3n) is 3.97. The van der Waals surface area contributed by atoms with Gasteiger partial charge in [-0.15, -0.1) is 0 Å². The number of carbonyl (C=O) groups is 2. The number of amides is 1. The number of hydrogen-bond donors (Lipinski definition) is 2. The van der Waals surface area contributed by atoms with Crippen LogP contribution in [0.15, 0.2) is 0 Å². The lowest BCUT2D eigenvalue weighted by atomic mass is 9.90. The second kappa shape index (κ2) is 7.48. The van der Waals surface area contributed by atoms with Gasteiger partial charge in [-0.3, -0.25) is 9.59 Å². The van der Waals surface area contributed by atoms with Crippen molar-refractivity contribution in [3.8, 4) is 0 Å². The maximum atomic E-state index is 12.4. The number of likely N-dealkylation sites (tertiary alicyclic amines) is 1. The Bertz CT molecular complexity index is 318. The van der Waals surface area contributed by atoms with E-state index in [9.17, 15) is 9.59 Å². The number of carboxylic acids is 1. The molecule has 5 nitrogen and oxygen atoms in total. The summed E-state index contributed by atoms with van der Waals surface area (Å²) in [7, 11) is 0. The zero-order valence-corrected chi connectivity index (χ0v) is 12.0. The first-order chi connectivity index (χ1) is 8.95. The summed E-state index contributed by atoms with van der Waals surface area (Å²) < 4.78 is 0. The predicted octanol–water partition coefficient (Wildman–Crippen LogP) is 1.32. The van der Waals surface area contributed by atoms with Gasteiger partial charge in [0.15, 0.2) is 0 Å². The van der Waals surface area contributed by atoms with Crippen molar-refractivity contribution in [2.45, 2.75) is 39.5 Å². The Morgan fingerprint density at radius 1 is 1.42 bits per heavy atom. The lowest BCUT2D eigenvalue weighted by molar-refractivity contribution is -0.138. The van der Waals surface area contributed by atoms with Crippen LogP contribution >= 0.6 is 0 Å². The normalized spacial score (nSPS) is 21.5. The Hall–Kier alpha value is -1.10. The molecular weight excluding hydrogens is 244 g/mol. The van der Waals surface area contributed by atoms with Gasteiger partial charge in [0.2, 0.25) is 5.91 Å². The van der Waals surface area contributed by atoms with Crippen LogP contribution in [0, 0.1) is 17.8 Å². The molecule has 2 unspecified atom stereocenters. The molecule has 1 rings (SSSR count). The number of rotatable bonds is 6. The van der Waals surface area contributed by atoms with E-state index in [0.717, 1.165) is 19.4 Å². The van der Waals surface area contributed by atoms with Crippen molar-refractivity contribution in [2.24, 2.45) is 23.5 Å². The summed E-state index contributed by atoms with van der Waals surface area (Å²) >= 11 is 0. The van der Waals surface area contributed by atoms with Gasteiger partial charge in [-0.2, -0.15) is 0 Å². The molecule has 0 radical (unpaired) electrons. The topological polar surface area (TPSA) is 83.6 Å². The SMILES string of the molecule is CC(C)C(CN)C(=O)N1CCCC(CCC(=O)O)C1. The number of piperidine rings is 1. The van der Waals surface area contributed by atoms with Gasteiger partial charge in [-0.25, -0.2) is 0 Å². The standard InChI is InChI=1S/C14H26N2O3/c1-10(2)12(8-15)14(19)16-7-3-4-11(9-16)5-6-13(17)18/h10-12H,3-9,15H2,1-2H3,(H,17,18). The number of carboxylic acid groups (broad SMARTS) is 1. The van der Waals surface area contributed by atoms with Gasteiger partial charge >= 0.3 is 5.97 Å². The summed E-state index contributed by atoms with van der Waals surface area (Å²) in [5, 5.41) is 8.72.